The minimum Gasteiger partial charge on any atom is -0.462 e. The first-order chi connectivity index (χ1) is 34.0. The van der Waals surface area contributed by atoms with E-state index in [0.29, 0.717) is 19.3 Å². The summed E-state index contributed by atoms with van der Waals surface area (Å²) in [6.07, 6.45) is 71.1. The van der Waals surface area contributed by atoms with Gasteiger partial charge in [0.25, 0.3) is 0 Å². The number of allylic oxidation sites excluding steroid dienone is 8. The summed E-state index contributed by atoms with van der Waals surface area (Å²) >= 11 is 0. The van der Waals surface area contributed by atoms with E-state index in [1.165, 1.54) is 180 Å². The summed E-state index contributed by atoms with van der Waals surface area (Å²) in [7, 11) is 0. The molecule has 6 nitrogen and oxygen atoms in total. The Kier molecular flexibility index (Phi) is 55.7. The van der Waals surface area contributed by atoms with Crippen LogP contribution in [0.3, 0.4) is 0 Å². The van der Waals surface area contributed by atoms with Crippen LogP contribution in [0.25, 0.3) is 0 Å². The lowest BCUT2D eigenvalue weighted by molar-refractivity contribution is -0.167. The van der Waals surface area contributed by atoms with Gasteiger partial charge in [-0.2, -0.15) is 0 Å². The Balaban J connectivity index is 4.33. The van der Waals surface area contributed by atoms with E-state index in [1.54, 1.807) is 0 Å². The Morgan fingerprint density at radius 2 is 0.551 bits per heavy atom. The summed E-state index contributed by atoms with van der Waals surface area (Å²) in [6, 6.07) is 0. The molecule has 0 saturated carbocycles. The molecule has 0 amide bonds. The highest BCUT2D eigenvalue weighted by Crippen LogP contribution is 2.17. The molecule has 402 valence electrons. The normalized spacial score (nSPS) is 12.3. The molecule has 0 N–H and O–H groups in total. The lowest BCUT2D eigenvalue weighted by Crippen LogP contribution is -2.30. The largest absolute Gasteiger partial charge is 0.462 e. The lowest BCUT2D eigenvalue weighted by Gasteiger charge is -2.18. The number of esters is 3. The maximum Gasteiger partial charge on any atom is 0.306 e. The van der Waals surface area contributed by atoms with E-state index < -0.39 is 6.10 Å². The minimum atomic E-state index is -0.781. The van der Waals surface area contributed by atoms with Crippen LogP contribution >= 0.6 is 0 Å². The number of carbonyl (C=O) groups is 3. The Morgan fingerprint density at radius 1 is 0.290 bits per heavy atom. The molecule has 69 heavy (non-hydrogen) atoms. The van der Waals surface area contributed by atoms with Crippen molar-refractivity contribution in [3.8, 4) is 0 Å². The van der Waals surface area contributed by atoms with Gasteiger partial charge in [-0.15, -0.1) is 0 Å². The van der Waals surface area contributed by atoms with E-state index in [4.69, 9.17) is 14.2 Å². The maximum atomic E-state index is 12.9. The third-order valence-corrected chi connectivity index (χ3v) is 13.3. The summed E-state index contributed by atoms with van der Waals surface area (Å²) in [5.74, 6) is -0.884. The Bertz CT molecular complexity index is 1200. The average molecular weight is 968 g/mol. The van der Waals surface area contributed by atoms with Gasteiger partial charge >= 0.3 is 17.9 Å². The van der Waals surface area contributed by atoms with Crippen LogP contribution in [-0.4, -0.2) is 37.2 Å². The van der Waals surface area contributed by atoms with E-state index in [1.807, 2.05) is 0 Å². The van der Waals surface area contributed by atoms with Crippen molar-refractivity contribution in [3.05, 3.63) is 48.6 Å². The van der Waals surface area contributed by atoms with Gasteiger partial charge in [-0.3, -0.25) is 14.4 Å². The molecule has 1 unspecified atom stereocenters. The van der Waals surface area contributed by atoms with Crippen molar-refractivity contribution in [2.24, 2.45) is 0 Å². The average Bonchev–Trinajstić information content (AvgIpc) is 3.35. The van der Waals surface area contributed by atoms with Crippen LogP contribution < -0.4 is 0 Å². The highest BCUT2D eigenvalue weighted by molar-refractivity contribution is 5.71. The van der Waals surface area contributed by atoms with Crippen molar-refractivity contribution in [1.82, 2.24) is 0 Å². The molecule has 0 heterocycles. The first-order valence-electron chi connectivity index (χ1n) is 30.1. The Hall–Kier alpha value is -2.63. The van der Waals surface area contributed by atoms with Crippen molar-refractivity contribution in [2.75, 3.05) is 13.2 Å². The lowest BCUT2D eigenvalue weighted by atomic mass is 10.0. The number of unbranched alkanes of at least 4 members (excludes halogenated alkanes) is 36. The van der Waals surface area contributed by atoms with Crippen molar-refractivity contribution in [1.29, 1.82) is 0 Å². The zero-order chi connectivity index (χ0) is 50.0. The quantitative estimate of drug-likeness (QED) is 0.0262. The monoisotopic (exact) mass is 967 g/mol. The van der Waals surface area contributed by atoms with Crippen molar-refractivity contribution in [3.63, 3.8) is 0 Å². The predicted octanol–water partition coefficient (Wildman–Crippen LogP) is 20.2. The van der Waals surface area contributed by atoms with E-state index in [-0.39, 0.29) is 31.1 Å². The van der Waals surface area contributed by atoms with Crippen LogP contribution in [0, 0.1) is 0 Å². The maximum absolute atomic E-state index is 12.9. The SMILES string of the molecule is CCC/C=C\C/C=C\CCCCCCCC(=O)OCC(COC(=O)CCCCCCCCCCCCCCCCCCCCCC)OC(=O)CCCCCCCCC/C=C\C/C=C\CCCCCC. The zero-order valence-electron chi connectivity index (χ0n) is 46.1. The highest BCUT2D eigenvalue weighted by Gasteiger charge is 2.19. The molecule has 0 radical (unpaired) electrons. The fourth-order valence-corrected chi connectivity index (χ4v) is 8.75. The molecule has 0 aliphatic carbocycles. The summed E-state index contributed by atoms with van der Waals surface area (Å²) in [6.45, 7) is 6.58. The topological polar surface area (TPSA) is 78.9 Å². The van der Waals surface area contributed by atoms with E-state index in [2.05, 4.69) is 69.4 Å². The standard InChI is InChI=1S/C63H114O6/c1-4-7-10-13-16-19-22-25-27-29-31-32-34-35-38-41-44-47-50-53-56-62(65)68-59-60(58-67-61(64)55-52-49-46-43-40-37-24-21-18-15-12-9-6-3)69-63(66)57-54-51-48-45-42-39-36-33-30-28-26-23-20-17-14-11-8-5-2/h12,15,20-21,23-24,28,30,60H,4-11,13-14,16-19,22,25-27,29,31-59H2,1-3H3/b15-12-,23-20-,24-21-,30-28-. The van der Waals surface area contributed by atoms with Crippen LogP contribution in [0.4, 0.5) is 0 Å². The zero-order valence-corrected chi connectivity index (χ0v) is 46.1. The molecule has 0 rings (SSSR count). The molecule has 0 bridgehead atoms. The Labute approximate surface area is 428 Å². The van der Waals surface area contributed by atoms with Crippen LogP contribution in [-0.2, 0) is 28.6 Å². The van der Waals surface area contributed by atoms with Crippen LogP contribution in [0.5, 0.6) is 0 Å². The third-order valence-electron chi connectivity index (χ3n) is 13.3. The first-order valence-corrected chi connectivity index (χ1v) is 30.1. The fraction of sp³-hybridized carbons (Fsp3) is 0.825. The highest BCUT2D eigenvalue weighted by atomic mass is 16.6. The minimum absolute atomic E-state index is 0.0778. The molecule has 0 aromatic rings. The van der Waals surface area contributed by atoms with Gasteiger partial charge in [-0.05, 0) is 77.0 Å². The van der Waals surface area contributed by atoms with Crippen molar-refractivity contribution < 1.29 is 28.6 Å². The second kappa shape index (κ2) is 57.9. The second-order valence-corrected chi connectivity index (χ2v) is 20.3. The molecule has 6 heteroatoms. The molecule has 0 fully saturated rings. The predicted molar refractivity (Wildman–Crippen MR) is 298 cm³/mol. The fourth-order valence-electron chi connectivity index (χ4n) is 8.75. The first kappa shape index (κ1) is 66.4. The van der Waals surface area contributed by atoms with E-state index >= 15 is 0 Å². The van der Waals surface area contributed by atoms with Crippen molar-refractivity contribution in [2.45, 2.75) is 322 Å². The van der Waals surface area contributed by atoms with Gasteiger partial charge in [-0.1, -0.05) is 268 Å². The molecule has 0 aromatic heterocycles. The number of carbonyl (C=O) groups excluding carboxylic acids is 3. The van der Waals surface area contributed by atoms with E-state index in [0.717, 1.165) is 96.3 Å². The molecule has 1 atom stereocenters. The molecule has 0 saturated heterocycles. The molecule has 0 spiro atoms. The molecule has 0 aliphatic heterocycles. The summed E-state index contributed by atoms with van der Waals surface area (Å²) < 4.78 is 16.9. The third kappa shape index (κ3) is 56.2. The van der Waals surface area contributed by atoms with Gasteiger partial charge in [0.15, 0.2) is 6.10 Å². The number of rotatable bonds is 55. The second-order valence-electron chi connectivity index (χ2n) is 20.3. The Morgan fingerprint density at radius 3 is 0.870 bits per heavy atom. The number of hydrogen-bond donors (Lipinski definition) is 0. The van der Waals surface area contributed by atoms with Crippen LogP contribution in [0.15, 0.2) is 48.6 Å². The number of hydrogen-bond acceptors (Lipinski definition) is 6. The smallest absolute Gasteiger partial charge is 0.306 e. The molecular weight excluding hydrogens is 853 g/mol. The van der Waals surface area contributed by atoms with Crippen molar-refractivity contribution >= 4 is 17.9 Å². The van der Waals surface area contributed by atoms with Gasteiger partial charge < -0.3 is 14.2 Å². The summed E-state index contributed by atoms with van der Waals surface area (Å²) in [5.41, 5.74) is 0. The summed E-state index contributed by atoms with van der Waals surface area (Å²) in [4.78, 5) is 38.2. The van der Waals surface area contributed by atoms with E-state index in [9.17, 15) is 14.4 Å². The van der Waals surface area contributed by atoms with Gasteiger partial charge in [0.05, 0.1) is 0 Å². The molecular formula is C63H114O6. The number of ether oxygens (including phenoxy) is 3. The van der Waals surface area contributed by atoms with Gasteiger partial charge in [0, 0.05) is 19.3 Å². The van der Waals surface area contributed by atoms with Gasteiger partial charge in [0.2, 0.25) is 0 Å². The molecule has 0 aromatic carbocycles. The summed E-state index contributed by atoms with van der Waals surface area (Å²) in [5, 5.41) is 0. The van der Waals surface area contributed by atoms with Crippen LogP contribution in [0.2, 0.25) is 0 Å². The van der Waals surface area contributed by atoms with Gasteiger partial charge in [-0.25, -0.2) is 0 Å². The van der Waals surface area contributed by atoms with Crippen LogP contribution in [0.1, 0.15) is 316 Å². The molecule has 0 aliphatic rings. The van der Waals surface area contributed by atoms with Gasteiger partial charge in [0.1, 0.15) is 13.2 Å².